The van der Waals surface area contributed by atoms with Gasteiger partial charge in [-0.15, -0.1) is 0 Å². The van der Waals surface area contributed by atoms with Gasteiger partial charge < -0.3 is 20.4 Å². The summed E-state index contributed by atoms with van der Waals surface area (Å²) < 4.78 is 5.23. The Kier molecular flexibility index (Phi) is 4.32. The van der Waals surface area contributed by atoms with Gasteiger partial charge in [-0.1, -0.05) is 0 Å². The minimum atomic E-state index is -0.442. The lowest BCUT2D eigenvalue weighted by molar-refractivity contribution is 0.0465. The van der Waals surface area contributed by atoms with Crippen LogP contribution < -0.4 is 10.6 Å². The van der Waals surface area contributed by atoms with Gasteiger partial charge in [0.15, 0.2) is 0 Å². The van der Waals surface area contributed by atoms with E-state index in [-0.39, 0.29) is 12.1 Å². The number of amides is 1. The fraction of sp³-hybridized carbons (Fsp3) is 0.714. The van der Waals surface area contributed by atoms with E-state index in [2.05, 4.69) is 20.6 Å². The van der Waals surface area contributed by atoms with Crippen molar-refractivity contribution < 1.29 is 9.53 Å². The normalized spacial score (nSPS) is 22.2. The van der Waals surface area contributed by atoms with Crippen LogP contribution in [0.4, 0.5) is 4.79 Å². The van der Waals surface area contributed by atoms with Gasteiger partial charge in [-0.3, -0.25) is 0 Å². The third-order valence-corrected chi connectivity index (χ3v) is 3.35. The van der Waals surface area contributed by atoms with E-state index in [4.69, 9.17) is 4.74 Å². The molecule has 20 heavy (non-hydrogen) atoms. The molecule has 0 aromatic carbocycles. The van der Waals surface area contributed by atoms with Gasteiger partial charge >= 0.3 is 6.09 Å². The van der Waals surface area contributed by atoms with Crippen molar-refractivity contribution in [2.45, 2.75) is 64.8 Å². The van der Waals surface area contributed by atoms with Crippen LogP contribution in [0, 0.1) is 6.92 Å². The number of aromatic nitrogens is 2. The molecule has 0 radical (unpaired) electrons. The first-order valence-corrected chi connectivity index (χ1v) is 7.05. The Morgan fingerprint density at radius 3 is 2.70 bits per heavy atom. The number of aryl methyl sites for hydroxylation is 1. The molecule has 1 fully saturated rings. The van der Waals surface area contributed by atoms with Gasteiger partial charge in [-0.25, -0.2) is 9.78 Å². The predicted molar refractivity (Wildman–Crippen MR) is 76.3 cm³/mol. The fourth-order valence-corrected chi connectivity index (χ4v) is 2.18. The van der Waals surface area contributed by atoms with Gasteiger partial charge in [0.05, 0.1) is 12.0 Å². The number of aromatic amines is 1. The van der Waals surface area contributed by atoms with Crippen molar-refractivity contribution >= 4 is 6.09 Å². The highest BCUT2D eigenvalue weighted by Gasteiger charge is 2.31. The average Bonchev–Trinajstić information content (AvgIpc) is 2.64. The molecular formula is C14H24N4O2. The number of nitrogens with zero attached hydrogens (tertiary/aromatic N) is 1. The molecule has 1 aliphatic rings. The van der Waals surface area contributed by atoms with Crippen molar-refractivity contribution in [3.8, 4) is 0 Å². The number of H-pyrrole nitrogens is 1. The number of carbonyl (C=O) groups is 1. The van der Waals surface area contributed by atoms with Gasteiger partial charge in [0.25, 0.3) is 0 Å². The SMILES string of the molecule is Cc1[nH]cnc1CNC1CC(NC(=O)OC(C)(C)C)C1. The Morgan fingerprint density at radius 2 is 2.15 bits per heavy atom. The molecule has 0 unspecified atom stereocenters. The van der Waals surface area contributed by atoms with E-state index >= 15 is 0 Å². The van der Waals surface area contributed by atoms with Crippen LogP contribution in [0.5, 0.6) is 0 Å². The highest BCUT2D eigenvalue weighted by molar-refractivity contribution is 5.68. The summed E-state index contributed by atoms with van der Waals surface area (Å²) in [7, 11) is 0. The smallest absolute Gasteiger partial charge is 0.407 e. The van der Waals surface area contributed by atoms with E-state index in [0.717, 1.165) is 30.8 Å². The zero-order valence-corrected chi connectivity index (χ0v) is 12.6. The Balaban J connectivity index is 1.63. The largest absolute Gasteiger partial charge is 0.444 e. The molecule has 112 valence electrons. The number of carbonyl (C=O) groups excluding carboxylic acids is 1. The van der Waals surface area contributed by atoms with Gasteiger partial charge in [0, 0.05) is 24.3 Å². The summed E-state index contributed by atoms with van der Waals surface area (Å²) >= 11 is 0. The Labute approximate surface area is 119 Å². The first kappa shape index (κ1) is 14.8. The second-order valence-electron chi connectivity index (χ2n) is 6.37. The van der Waals surface area contributed by atoms with Crippen LogP contribution in [0.15, 0.2) is 6.33 Å². The average molecular weight is 280 g/mol. The minimum Gasteiger partial charge on any atom is -0.444 e. The summed E-state index contributed by atoms with van der Waals surface area (Å²) in [5.74, 6) is 0. The second-order valence-corrected chi connectivity index (χ2v) is 6.37. The number of imidazole rings is 1. The summed E-state index contributed by atoms with van der Waals surface area (Å²) in [6, 6.07) is 0.647. The van der Waals surface area contributed by atoms with Crippen molar-refractivity contribution in [1.82, 2.24) is 20.6 Å². The third-order valence-electron chi connectivity index (χ3n) is 3.35. The summed E-state index contributed by atoms with van der Waals surface area (Å²) in [4.78, 5) is 18.9. The molecule has 1 aromatic rings. The molecular weight excluding hydrogens is 256 g/mol. The van der Waals surface area contributed by atoms with E-state index in [1.165, 1.54) is 0 Å². The predicted octanol–water partition coefficient (Wildman–Crippen LogP) is 1.86. The highest BCUT2D eigenvalue weighted by Crippen LogP contribution is 2.21. The van der Waals surface area contributed by atoms with Gasteiger partial charge in [0.1, 0.15) is 5.60 Å². The molecule has 2 rings (SSSR count). The molecule has 1 amide bonds. The quantitative estimate of drug-likeness (QED) is 0.786. The van der Waals surface area contributed by atoms with Crippen LogP contribution in [0.3, 0.4) is 0 Å². The van der Waals surface area contributed by atoms with E-state index in [9.17, 15) is 4.79 Å². The van der Waals surface area contributed by atoms with Gasteiger partial charge in [-0.2, -0.15) is 0 Å². The summed E-state index contributed by atoms with van der Waals surface area (Å²) in [5.41, 5.74) is 1.71. The number of ether oxygens (including phenoxy) is 1. The van der Waals surface area contributed by atoms with E-state index < -0.39 is 5.60 Å². The molecule has 0 spiro atoms. The first-order valence-electron chi connectivity index (χ1n) is 7.05. The molecule has 0 atom stereocenters. The third kappa shape index (κ3) is 4.23. The molecule has 0 aliphatic heterocycles. The lowest BCUT2D eigenvalue weighted by atomic mass is 9.87. The number of hydrogen-bond donors (Lipinski definition) is 3. The lowest BCUT2D eigenvalue weighted by Gasteiger charge is -2.36. The first-order chi connectivity index (χ1) is 9.33. The van der Waals surface area contributed by atoms with Crippen molar-refractivity contribution in [3.05, 3.63) is 17.7 Å². The highest BCUT2D eigenvalue weighted by atomic mass is 16.6. The monoisotopic (exact) mass is 280 g/mol. The maximum absolute atomic E-state index is 11.6. The number of rotatable bonds is 4. The molecule has 1 aliphatic carbocycles. The zero-order valence-electron chi connectivity index (χ0n) is 12.6. The van der Waals surface area contributed by atoms with Crippen molar-refractivity contribution in [2.75, 3.05) is 0 Å². The number of alkyl carbamates (subject to hydrolysis) is 1. The van der Waals surface area contributed by atoms with Crippen LogP contribution in [0.2, 0.25) is 0 Å². The maximum Gasteiger partial charge on any atom is 0.407 e. The zero-order chi connectivity index (χ0) is 14.8. The van der Waals surface area contributed by atoms with E-state index in [0.29, 0.717) is 6.04 Å². The van der Waals surface area contributed by atoms with Crippen molar-refractivity contribution in [2.24, 2.45) is 0 Å². The number of nitrogens with one attached hydrogen (secondary N) is 3. The summed E-state index contributed by atoms with van der Waals surface area (Å²) in [6.45, 7) is 8.37. The van der Waals surface area contributed by atoms with Crippen molar-refractivity contribution in [1.29, 1.82) is 0 Å². The Hall–Kier alpha value is -1.56. The van der Waals surface area contributed by atoms with Crippen LogP contribution in [-0.4, -0.2) is 33.7 Å². The molecule has 0 saturated heterocycles. The lowest BCUT2D eigenvalue weighted by Crippen LogP contribution is -2.53. The fourth-order valence-electron chi connectivity index (χ4n) is 2.18. The standard InChI is InChI=1S/C14H24N4O2/c1-9-12(17-8-16-9)7-15-10-5-11(6-10)18-13(19)20-14(2,3)4/h8,10-11,15H,5-7H2,1-4H3,(H,16,17)(H,18,19). The van der Waals surface area contributed by atoms with E-state index in [1.807, 2.05) is 27.7 Å². The number of hydrogen-bond acceptors (Lipinski definition) is 4. The maximum atomic E-state index is 11.6. The second kappa shape index (κ2) is 5.83. The topological polar surface area (TPSA) is 79.0 Å². The van der Waals surface area contributed by atoms with Crippen LogP contribution in [0.1, 0.15) is 45.0 Å². The Morgan fingerprint density at radius 1 is 1.45 bits per heavy atom. The molecule has 6 heteroatoms. The minimum absolute atomic E-state index is 0.211. The molecule has 1 aromatic heterocycles. The van der Waals surface area contributed by atoms with E-state index in [1.54, 1.807) is 6.33 Å². The molecule has 1 saturated carbocycles. The molecule has 6 nitrogen and oxygen atoms in total. The van der Waals surface area contributed by atoms with Gasteiger partial charge in [-0.05, 0) is 40.5 Å². The molecule has 0 bridgehead atoms. The summed E-state index contributed by atoms with van der Waals surface area (Å²) in [6.07, 6.45) is 3.25. The molecule has 3 N–H and O–H groups in total. The van der Waals surface area contributed by atoms with Crippen LogP contribution >= 0.6 is 0 Å². The van der Waals surface area contributed by atoms with Crippen LogP contribution in [0.25, 0.3) is 0 Å². The molecule has 1 heterocycles. The van der Waals surface area contributed by atoms with Crippen LogP contribution in [-0.2, 0) is 11.3 Å². The van der Waals surface area contributed by atoms with Gasteiger partial charge in [0.2, 0.25) is 0 Å². The Bertz CT molecular complexity index is 458. The summed E-state index contributed by atoms with van der Waals surface area (Å²) in [5, 5.41) is 6.32. The van der Waals surface area contributed by atoms with Crippen molar-refractivity contribution in [3.63, 3.8) is 0 Å².